The maximum atomic E-state index is 13.2. The molecule has 2 atom stereocenters. The van der Waals surface area contributed by atoms with E-state index in [4.69, 9.17) is 0 Å². The molecule has 1 aliphatic carbocycles. The lowest BCUT2D eigenvalue weighted by Gasteiger charge is -2.18. The minimum Gasteiger partial charge on any atom is -0.391 e. The largest absolute Gasteiger partial charge is 0.391 e. The first-order valence-corrected chi connectivity index (χ1v) is 5.07. The zero-order valence-corrected chi connectivity index (χ0v) is 8.21. The fraction of sp³-hybridized carbons (Fsp3) is 0.455. The van der Waals surface area contributed by atoms with Gasteiger partial charge in [0.2, 0.25) is 0 Å². The van der Waals surface area contributed by atoms with E-state index >= 15 is 0 Å². The minimum absolute atomic E-state index is 0.136. The highest BCUT2D eigenvalue weighted by Gasteiger charge is 2.26. The van der Waals surface area contributed by atoms with Crippen molar-refractivity contribution < 1.29 is 13.9 Å². The molecule has 0 saturated heterocycles. The van der Waals surface area contributed by atoms with E-state index in [1.54, 1.807) is 0 Å². The van der Waals surface area contributed by atoms with Crippen molar-refractivity contribution in [2.45, 2.75) is 31.4 Å². The number of halogens is 2. The van der Waals surface area contributed by atoms with E-state index in [0.717, 1.165) is 12.8 Å². The van der Waals surface area contributed by atoms with E-state index < -0.39 is 17.7 Å². The summed E-state index contributed by atoms with van der Waals surface area (Å²) in [5.74, 6) is -1.23. The van der Waals surface area contributed by atoms with Crippen LogP contribution in [0.15, 0.2) is 18.2 Å². The summed E-state index contributed by atoms with van der Waals surface area (Å²) < 4.78 is 26.5. The van der Waals surface area contributed by atoms with Crippen LogP contribution in [0, 0.1) is 11.6 Å². The van der Waals surface area contributed by atoms with E-state index in [-0.39, 0.29) is 11.7 Å². The monoisotopic (exact) mass is 213 g/mol. The summed E-state index contributed by atoms with van der Waals surface area (Å²) >= 11 is 0. The van der Waals surface area contributed by atoms with Gasteiger partial charge in [0, 0.05) is 0 Å². The summed E-state index contributed by atoms with van der Waals surface area (Å²) in [5, 5.41) is 12.3. The molecular weight excluding hydrogens is 200 g/mol. The lowest BCUT2D eigenvalue weighted by atomic mass is 10.2. The second-order valence-corrected chi connectivity index (χ2v) is 3.85. The number of aliphatic hydroxyl groups is 1. The molecule has 0 aliphatic heterocycles. The Morgan fingerprint density at radius 2 is 1.87 bits per heavy atom. The summed E-state index contributed by atoms with van der Waals surface area (Å²) in [6, 6.07) is 3.48. The Morgan fingerprint density at radius 1 is 1.20 bits per heavy atom. The van der Waals surface area contributed by atoms with Crippen LogP contribution in [0.25, 0.3) is 0 Å². The van der Waals surface area contributed by atoms with Crippen molar-refractivity contribution in [2.24, 2.45) is 0 Å². The highest BCUT2D eigenvalue weighted by molar-refractivity contribution is 5.47. The van der Waals surface area contributed by atoms with E-state index in [9.17, 15) is 13.9 Å². The summed E-state index contributed by atoms with van der Waals surface area (Å²) in [6.45, 7) is 0. The lowest BCUT2D eigenvalue weighted by Crippen LogP contribution is -2.28. The van der Waals surface area contributed by atoms with Crippen LogP contribution in [0.5, 0.6) is 0 Å². The summed E-state index contributed by atoms with van der Waals surface area (Å²) in [4.78, 5) is 0. The van der Waals surface area contributed by atoms with Crippen molar-refractivity contribution in [3.8, 4) is 0 Å². The molecule has 4 heteroatoms. The maximum absolute atomic E-state index is 13.2. The first kappa shape index (κ1) is 10.4. The average molecular weight is 213 g/mol. The molecule has 0 amide bonds. The van der Waals surface area contributed by atoms with Crippen LogP contribution in [0.2, 0.25) is 0 Å². The average Bonchev–Trinajstić information content (AvgIpc) is 2.58. The molecule has 0 aromatic heterocycles. The van der Waals surface area contributed by atoms with Crippen molar-refractivity contribution in [1.82, 2.24) is 0 Å². The molecular formula is C11H13F2NO. The standard InChI is InChI=1S/C11H13F2NO/c12-7-3-1-4-8(13)11(7)14-9-5-2-6-10(9)15/h1,3-4,9-10,14-15H,2,5-6H2/t9-,10-/m1/s1. The van der Waals surface area contributed by atoms with Crippen LogP contribution >= 0.6 is 0 Å². The number of benzene rings is 1. The fourth-order valence-electron chi connectivity index (χ4n) is 1.93. The third kappa shape index (κ3) is 2.09. The predicted molar refractivity (Wildman–Crippen MR) is 53.6 cm³/mol. The van der Waals surface area contributed by atoms with Crippen molar-refractivity contribution in [3.63, 3.8) is 0 Å². The van der Waals surface area contributed by atoms with Gasteiger partial charge in [0.05, 0.1) is 12.1 Å². The van der Waals surface area contributed by atoms with Gasteiger partial charge in [-0.1, -0.05) is 6.07 Å². The van der Waals surface area contributed by atoms with Crippen molar-refractivity contribution in [2.75, 3.05) is 5.32 Å². The van der Waals surface area contributed by atoms with E-state index in [1.807, 2.05) is 0 Å². The van der Waals surface area contributed by atoms with Gasteiger partial charge in [0.15, 0.2) is 0 Å². The third-order valence-electron chi connectivity index (χ3n) is 2.77. The molecule has 82 valence electrons. The number of hydrogen-bond acceptors (Lipinski definition) is 2. The number of rotatable bonds is 2. The third-order valence-corrected chi connectivity index (χ3v) is 2.77. The smallest absolute Gasteiger partial charge is 0.149 e. The van der Waals surface area contributed by atoms with Crippen LogP contribution in [0.4, 0.5) is 14.5 Å². The van der Waals surface area contributed by atoms with E-state index in [2.05, 4.69) is 5.32 Å². The second-order valence-electron chi connectivity index (χ2n) is 3.85. The van der Waals surface area contributed by atoms with Gasteiger partial charge in [-0.25, -0.2) is 8.78 Å². The second kappa shape index (κ2) is 4.14. The molecule has 1 aliphatic rings. The zero-order valence-electron chi connectivity index (χ0n) is 8.21. The Hall–Kier alpha value is -1.16. The Balaban J connectivity index is 2.16. The minimum atomic E-state index is -0.617. The van der Waals surface area contributed by atoms with Crippen LogP contribution < -0.4 is 5.32 Å². The number of hydrogen-bond donors (Lipinski definition) is 2. The first-order valence-electron chi connectivity index (χ1n) is 5.07. The Bertz CT molecular complexity index is 336. The van der Waals surface area contributed by atoms with Crippen molar-refractivity contribution in [3.05, 3.63) is 29.8 Å². The van der Waals surface area contributed by atoms with Crippen LogP contribution in [-0.2, 0) is 0 Å². The van der Waals surface area contributed by atoms with Crippen molar-refractivity contribution >= 4 is 5.69 Å². The van der Waals surface area contributed by atoms with Gasteiger partial charge in [-0.3, -0.25) is 0 Å². The molecule has 2 nitrogen and oxygen atoms in total. The molecule has 15 heavy (non-hydrogen) atoms. The van der Waals surface area contributed by atoms with Crippen LogP contribution in [-0.4, -0.2) is 17.3 Å². The summed E-state index contributed by atoms with van der Waals surface area (Å²) in [7, 11) is 0. The molecule has 1 saturated carbocycles. The van der Waals surface area contributed by atoms with Crippen LogP contribution in [0.1, 0.15) is 19.3 Å². The number of aliphatic hydroxyl groups excluding tert-OH is 1. The predicted octanol–water partition coefficient (Wildman–Crippen LogP) is 2.29. The quantitative estimate of drug-likeness (QED) is 0.790. The molecule has 2 N–H and O–H groups in total. The Kier molecular flexibility index (Phi) is 2.86. The number of nitrogens with one attached hydrogen (secondary N) is 1. The molecule has 0 radical (unpaired) electrons. The molecule has 1 fully saturated rings. The van der Waals surface area contributed by atoms with E-state index in [0.29, 0.717) is 6.42 Å². The fourth-order valence-corrected chi connectivity index (χ4v) is 1.93. The molecule has 0 spiro atoms. The SMILES string of the molecule is O[C@@H]1CCC[C@H]1Nc1c(F)cccc1F. The van der Waals surface area contributed by atoms with E-state index in [1.165, 1.54) is 18.2 Å². The van der Waals surface area contributed by atoms with Gasteiger partial charge in [0.25, 0.3) is 0 Å². The molecule has 0 bridgehead atoms. The molecule has 1 aromatic carbocycles. The van der Waals surface area contributed by atoms with Crippen LogP contribution in [0.3, 0.4) is 0 Å². The summed E-state index contributed by atoms with van der Waals surface area (Å²) in [5.41, 5.74) is -0.136. The highest BCUT2D eigenvalue weighted by atomic mass is 19.1. The van der Waals surface area contributed by atoms with Gasteiger partial charge in [0.1, 0.15) is 17.3 Å². The first-order chi connectivity index (χ1) is 7.18. The Morgan fingerprint density at radius 3 is 2.40 bits per heavy atom. The van der Waals surface area contributed by atoms with Gasteiger partial charge in [-0.15, -0.1) is 0 Å². The number of anilines is 1. The topological polar surface area (TPSA) is 32.3 Å². The highest BCUT2D eigenvalue weighted by Crippen LogP contribution is 2.26. The summed E-state index contributed by atoms with van der Waals surface area (Å²) in [6.07, 6.45) is 1.81. The lowest BCUT2D eigenvalue weighted by molar-refractivity contribution is 0.171. The van der Waals surface area contributed by atoms with Gasteiger partial charge < -0.3 is 10.4 Å². The zero-order chi connectivity index (χ0) is 10.8. The van der Waals surface area contributed by atoms with Gasteiger partial charge >= 0.3 is 0 Å². The Labute approximate surface area is 86.9 Å². The number of para-hydroxylation sites is 1. The normalized spacial score (nSPS) is 25.5. The van der Waals surface area contributed by atoms with Crippen molar-refractivity contribution in [1.29, 1.82) is 0 Å². The van der Waals surface area contributed by atoms with Gasteiger partial charge in [-0.2, -0.15) is 0 Å². The molecule has 0 heterocycles. The van der Waals surface area contributed by atoms with Gasteiger partial charge in [-0.05, 0) is 31.4 Å². The molecule has 1 aromatic rings. The molecule has 2 rings (SSSR count). The maximum Gasteiger partial charge on any atom is 0.149 e. The molecule has 0 unspecified atom stereocenters.